The third-order valence-electron chi connectivity index (χ3n) is 6.77. The molecule has 1 aliphatic carbocycles. The number of carbonyl (C=O) groups is 2. The number of carbonyl (C=O) groups excluding carboxylic acids is 2. The first kappa shape index (κ1) is 29.1. The molecule has 2 amide bonds. The number of thiophene rings is 1. The molecule has 3 heterocycles. The number of hydrogen-bond acceptors (Lipinski definition) is 8. The predicted molar refractivity (Wildman–Crippen MR) is 152 cm³/mol. The van der Waals surface area contributed by atoms with Gasteiger partial charge in [-0.05, 0) is 0 Å². The summed E-state index contributed by atoms with van der Waals surface area (Å²) in [4.78, 5) is 27.6. The van der Waals surface area contributed by atoms with E-state index >= 15 is 0 Å². The van der Waals surface area contributed by atoms with E-state index in [1.54, 1.807) is 18.2 Å². The molecule has 0 radical (unpaired) electrons. The molecule has 0 spiro atoms. The summed E-state index contributed by atoms with van der Waals surface area (Å²) in [5.41, 5.74) is 0.513. The number of halogens is 2. The van der Waals surface area contributed by atoms with Crippen LogP contribution < -0.4 is 15.0 Å². The number of aromatic nitrogens is 1. The number of rotatable bonds is 11. The van der Waals surface area contributed by atoms with E-state index in [0.717, 1.165) is 29.9 Å². The molecular weight excluding hydrogens is 644 g/mol. The van der Waals surface area contributed by atoms with Crippen molar-refractivity contribution in [1.29, 1.82) is 0 Å². The predicted octanol–water partition coefficient (Wildman–Crippen LogP) is 4.40. The molecule has 214 valence electrons. The molecule has 2 fully saturated rings. The Labute approximate surface area is 246 Å². The summed E-state index contributed by atoms with van der Waals surface area (Å²) in [6, 6.07) is 7.22. The number of ether oxygens (including phenoxy) is 1. The zero-order valence-corrected chi connectivity index (χ0v) is 26.1. The van der Waals surface area contributed by atoms with Gasteiger partial charge < -0.3 is 0 Å². The SMILES string of the molecule is COc1c(N2CCCCC2=O)cc(F)cc1S(=O)(=O)[AsH]C(Cc1cc(-c2ccc(Cl)s2)on1)C(=O)NCC1CC1. The van der Waals surface area contributed by atoms with E-state index in [1.807, 2.05) is 0 Å². The maximum atomic E-state index is 14.8. The number of nitrogens with one attached hydrogen (secondary N) is 1. The molecule has 3 aromatic rings. The molecule has 1 N–H and O–H groups in total. The Bertz CT molecular complexity index is 1520. The number of amides is 2. The average Bonchev–Trinajstić information content (AvgIpc) is 3.47. The maximum absolute atomic E-state index is 14.8. The minimum absolute atomic E-state index is 0.0352. The molecule has 1 saturated heterocycles. The summed E-state index contributed by atoms with van der Waals surface area (Å²) < 4.78 is 53.1. The number of hydrogen-bond donors (Lipinski definition) is 1. The van der Waals surface area contributed by atoms with Crippen LogP contribution in [0.5, 0.6) is 5.75 Å². The third-order valence-corrected chi connectivity index (χ3v) is 15.6. The summed E-state index contributed by atoms with van der Waals surface area (Å²) in [7, 11) is -2.86. The van der Waals surface area contributed by atoms with Crippen molar-refractivity contribution in [3.05, 3.63) is 46.2 Å². The number of anilines is 1. The molecule has 1 saturated carbocycles. The topological polar surface area (TPSA) is 119 Å². The Morgan fingerprint density at radius 1 is 1.32 bits per heavy atom. The van der Waals surface area contributed by atoms with Crippen molar-refractivity contribution in [3.8, 4) is 16.4 Å². The van der Waals surface area contributed by atoms with Gasteiger partial charge in [-0.25, -0.2) is 0 Å². The van der Waals surface area contributed by atoms with Crippen LogP contribution in [0.1, 0.15) is 37.8 Å². The van der Waals surface area contributed by atoms with Crippen LogP contribution in [-0.4, -0.2) is 60.2 Å². The van der Waals surface area contributed by atoms with E-state index in [-0.39, 0.29) is 41.0 Å². The van der Waals surface area contributed by atoms with E-state index in [0.29, 0.717) is 47.6 Å². The van der Waals surface area contributed by atoms with Gasteiger partial charge in [-0.1, -0.05) is 0 Å². The van der Waals surface area contributed by atoms with Gasteiger partial charge in [0.2, 0.25) is 0 Å². The van der Waals surface area contributed by atoms with Gasteiger partial charge in [0.05, 0.1) is 0 Å². The zero-order valence-electron chi connectivity index (χ0n) is 21.6. The van der Waals surface area contributed by atoms with E-state index < -0.39 is 33.2 Å². The van der Waals surface area contributed by atoms with Crippen LogP contribution in [0.25, 0.3) is 10.6 Å². The first-order valence-corrected chi connectivity index (χ1v) is 19.3. The Morgan fingerprint density at radius 2 is 2.12 bits per heavy atom. The van der Waals surface area contributed by atoms with Gasteiger partial charge in [-0.2, -0.15) is 0 Å². The summed E-state index contributed by atoms with van der Waals surface area (Å²) in [5.74, 6) is -0.631. The molecule has 2 aliphatic rings. The van der Waals surface area contributed by atoms with Crippen molar-refractivity contribution >= 4 is 63.1 Å². The Kier molecular flexibility index (Phi) is 8.89. The zero-order chi connectivity index (χ0) is 28.4. The molecule has 14 heteroatoms. The Balaban J connectivity index is 1.44. The van der Waals surface area contributed by atoms with E-state index in [9.17, 15) is 22.4 Å². The van der Waals surface area contributed by atoms with Gasteiger partial charge in [0.15, 0.2) is 0 Å². The molecule has 2 atom stereocenters. The molecule has 0 bridgehead atoms. The normalized spacial score (nSPS) is 17.0. The minimum atomic E-state index is -4.15. The van der Waals surface area contributed by atoms with Crippen molar-refractivity contribution in [2.24, 2.45) is 5.92 Å². The first-order valence-electron chi connectivity index (χ1n) is 12.8. The first-order chi connectivity index (χ1) is 19.1. The van der Waals surface area contributed by atoms with Gasteiger partial charge in [0.25, 0.3) is 0 Å². The molecule has 2 unspecified atom stereocenters. The number of piperidine rings is 1. The average molecular weight is 672 g/mol. The van der Waals surface area contributed by atoms with Crippen LogP contribution in [0.2, 0.25) is 9.04 Å². The van der Waals surface area contributed by atoms with Crippen LogP contribution in [0.4, 0.5) is 10.1 Å². The van der Waals surface area contributed by atoms with Crippen LogP contribution in [-0.2, 0) is 24.1 Å². The summed E-state index contributed by atoms with van der Waals surface area (Å²) in [6.07, 6.45) is 3.79. The molecule has 1 aromatic carbocycles. The van der Waals surface area contributed by atoms with Crippen molar-refractivity contribution in [2.45, 2.75) is 48.1 Å². The fourth-order valence-electron chi connectivity index (χ4n) is 4.53. The van der Waals surface area contributed by atoms with Crippen LogP contribution in [0.15, 0.2) is 39.8 Å². The van der Waals surface area contributed by atoms with Gasteiger partial charge in [0, 0.05) is 0 Å². The van der Waals surface area contributed by atoms with E-state index in [1.165, 1.54) is 23.3 Å². The van der Waals surface area contributed by atoms with Gasteiger partial charge in [-0.15, -0.1) is 0 Å². The van der Waals surface area contributed by atoms with Gasteiger partial charge in [-0.3, -0.25) is 0 Å². The summed E-state index contributed by atoms with van der Waals surface area (Å²) in [6.45, 7) is 0.814. The van der Waals surface area contributed by atoms with E-state index in [4.69, 9.17) is 20.9 Å². The van der Waals surface area contributed by atoms with Crippen molar-refractivity contribution in [2.75, 3.05) is 25.1 Å². The summed E-state index contributed by atoms with van der Waals surface area (Å²) in [5, 5.41) is 6.96. The van der Waals surface area contributed by atoms with Crippen LogP contribution in [0, 0.1) is 11.7 Å². The molecular formula is C26H28AsClFN3O6S2. The fourth-order valence-corrected chi connectivity index (χ4v) is 12.9. The number of benzene rings is 1. The van der Waals surface area contributed by atoms with E-state index in [2.05, 4.69) is 10.5 Å². The molecule has 9 nitrogen and oxygen atoms in total. The van der Waals surface area contributed by atoms with Crippen LogP contribution in [0.3, 0.4) is 0 Å². The quantitative estimate of drug-likeness (QED) is 0.300. The number of nitrogens with zero attached hydrogens (tertiary/aromatic N) is 2. The van der Waals surface area contributed by atoms with Gasteiger partial charge in [0.1, 0.15) is 0 Å². The Morgan fingerprint density at radius 3 is 2.80 bits per heavy atom. The number of methoxy groups -OCH3 is 1. The second kappa shape index (κ2) is 12.2. The van der Waals surface area contributed by atoms with Crippen molar-refractivity contribution in [3.63, 3.8) is 0 Å². The summed E-state index contributed by atoms with van der Waals surface area (Å²) >= 11 is 5.20. The Hall–Kier alpha value is -2.40. The fraction of sp³-hybridized carbons (Fsp3) is 0.423. The van der Waals surface area contributed by atoms with Crippen molar-refractivity contribution < 1.29 is 31.7 Å². The standard InChI is InChI=1S/C26H28AsClFN3O6S2/c1-37-25-19(32-9-3-2-4-24(32)33)10-16(29)11-22(25)40(35,36)27-18(26(34)30-14-15-5-6-15)12-17-13-20(38-31-17)21-7-8-23(28)39-21/h7-8,10-11,13,15,18,27H,2-6,9,12,14H2,1H3,(H,30,34). The molecule has 1 aliphatic heterocycles. The third kappa shape index (κ3) is 6.73. The second-order valence-corrected chi connectivity index (χ2v) is 19.5. The van der Waals surface area contributed by atoms with Gasteiger partial charge >= 0.3 is 247 Å². The molecule has 5 rings (SSSR count). The molecule has 40 heavy (non-hydrogen) atoms. The van der Waals surface area contributed by atoms with Crippen molar-refractivity contribution in [1.82, 2.24) is 10.5 Å². The molecule has 2 aromatic heterocycles. The van der Waals surface area contributed by atoms with Crippen LogP contribution >= 0.6 is 22.9 Å². The monoisotopic (exact) mass is 671 g/mol. The second-order valence-electron chi connectivity index (χ2n) is 9.81.